The lowest BCUT2D eigenvalue weighted by Crippen LogP contribution is -2.19. The Labute approximate surface area is 114 Å². The smallest absolute Gasteiger partial charge is 0.0587 e. The number of hydrogen-bond acceptors (Lipinski definition) is 3. The van der Waals surface area contributed by atoms with Crippen molar-refractivity contribution in [3.8, 4) is 0 Å². The summed E-state index contributed by atoms with van der Waals surface area (Å²) in [5.74, 6) is 0. The van der Waals surface area contributed by atoms with Crippen LogP contribution < -0.4 is 5.32 Å². The summed E-state index contributed by atoms with van der Waals surface area (Å²) in [6.07, 6.45) is 5.59. The zero-order valence-electron chi connectivity index (χ0n) is 11.2. The highest BCUT2D eigenvalue weighted by molar-refractivity contribution is 8.00. The molecule has 2 rings (SSSR count). The molecule has 0 radical (unpaired) electrons. The highest BCUT2D eigenvalue weighted by Gasteiger charge is 2.17. The van der Waals surface area contributed by atoms with Crippen molar-refractivity contribution in [2.75, 3.05) is 20.3 Å². The largest absolute Gasteiger partial charge is 0.383 e. The molecule has 0 bridgehead atoms. The van der Waals surface area contributed by atoms with Gasteiger partial charge in [0.2, 0.25) is 0 Å². The normalized spacial score (nSPS) is 16.3. The number of rotatable bonds is 7. The molecule has 1 N–H and O–H groups in total. The lowest BCUT2D eigenvalue weighted by Gasteiger charge is -2.13. The maximum atomic E-state index is 5.05. The first kappa shape index (κ1) is 13.9. The summed E-state index contributed by atoms with van der Waals surface area (Å²) in [5, 5.41) is 4.27. The van der Waals surface area contributed by atoms with E-state index < -0.39 is 0 Å². The second kappa shape index (κ2) is 7.82. The van der Waals surface area contributed by atoms with Gasteiger partial charge in [0, 0.05) is 30.3 Å². The highest BCUT2D eigenvalue weighted by atomic mass is 32.2. The molecule has 0 aliphatic heterocycles. The molecule has 0 amide bonds. The van der Waals surface area contributed by atoms with Crippen LogP contribution in [0.15, 0.2) is 29.2 Å². The van der Waals surface area contributed by atoms with E-state index in [0.717, 1.165) is 24.9 Å². The van der Waals surface area contributed by atoms with Crippen molar-refractivity contribution in [3.05, 3.63) is 29.8 Å². The summed E-state index contributed by atoms with van der Waals surface area (Å²) >= 11 is 2.07. The summed E-state index contributed by atoms with van der Waals surface area (Å²) in [6, 6.07) is 8.77. The minimum absolute atomic E-state index is 0.776. The Balaban J connectivity index is 1.87. The van der Waals surface area contributed by atoms with Crippen molar-refractivity contribution in [2.45, 2.75) is 42.4 Å². The van der Waals surface area contributed by atoms with Crippen LogP contribution in [-0.4, -0.2) is 25.5 Å². The van der Waals surface area contributed by atoms with E-state index in [1.54, 1.807) is 7.11 Å². The van der Waals surface area contributed by atoms with E-state index in [0.29, 0.717) is 0 Å². The molecule has 0 unspecified atom stereocenters. The van der Waals surface area contributed by atoms with Gasteiger partial charge in [0.25, 0.3) is 0 Å². The van der Waals surface area contributed by atoms with E-state index in [-0.39, 0.29) is 0 Å². The standard InChI is InChI=1S/C15H23NOS/c1-17-11-10-16-12-13-6-2-5-9-15(13)18-14-7-3-4-8-14/h2,5-6,9,14,16H,3-4,7-8,10-12H2,1H3. The van der Waals surface area contributed by atoms with Gasteiger partial charge in [0.05, 0.1) is 6.61 Å². The lowest BCUT2D eigenvalue weighted by molar-refractivity contribution is 0.199. The molecule has 18 heavy (non-hydrogen) atoms. The molecule has 1 aliphatic rings. The maximum absolute atomic E-state index is 5.05. The average Bonchev–Trinajstić information content (AvgIpc) is 2.89. The molecule has 1 aliphatic carbocycles. The fourth-order valence-corrected chi connectivity index (χ4v) is 3.72. The van der Waals surface area contributed by atoms with Gasteiger partial charge < -0.3 is 10.1 Å². The van der Waals surface area contributed by atoms with Crippen LogP contribution in [0, 0.1) is 0 Å². The fraction of sp³-hybridized carbons (Fsp3) is 0.600. The zero-order valence-corrected chi connectivity index (χ0v) is 12.0. The van der Waals surface area contributed by atoms with Crippen molar-refractivity contribution >= 4 is 11.8 Å². The summed E-state index contributed by atoms with van der Waals surface area (Å²) in [7, 11) is 1.74. The van der Waals surface area contributed by atoms with Crippen LogP contribution >= 0.6 is 11.8 Å². The monoisotopic (exact) mass is 265 g/mol. The van der Waals surface area contributed by atoms with E-state index in [9.17, 15) is 0 Å². The molecular weight excluding hydrogens is 242 g/mol. The number of methoxy groups -OCH3 is 1. The molecule has 1 aromatic rings. The Morgan fingerprint density at radius 2 is 2.06 bits per heavy atom. The van der Waals surface area contributed by atoms with Crippen LogP contribution in [0.25, 0.3) is 0 Å². The lowest BCUT2D eigenvalue weighted by atomic mass is 10.2. The van der Waals surface area contributed by atoms with Crippen LogP contribution in [0.1, 0.15) is 31.2 Å². The van der Waals surface area contributed by atoms with Gasteiger partial charge in [0.1, 0.15) is 0 Å². The Hall–Kier alpha value is -0.510. The molecule has 0 saturated heterocycles. The third kappa shape index (κ3) is 4.30. The van der Waals surface area contributed by atoms with E-state index in [2.05, 4.69) is 41.3 Å². The van der Waals surface area contributed by atoms with Crippen molar-refractivity contribution < 1.29 is 4.74 Å². The van der Waals surface area contributed by atoms with Crippen LogP contribution in [0.2, 0.25) is 0 Å². The summed E-state index contributed by atoms with van der Waals surface area (Å²) < 4.78 is 5.05. The van der Waals surface area contributed by atoms with Crippen molar-refractivity contribution in [3.63, 3.8) is 0 Å². The topological polar surface area (TPSA) is 21.3 Å². The number of thioether (sulfide) groups is 1. The molecular formula is C15H23NOS. The summed E-state index contributed by atoms with van der Waals surface area (Å²) in [5.41, 5.74) is 1.42. The molecule has 1 saturated carbocycles. The quantitative estimate of drug-likeness (QED) is 0.763. The SMILES string of the molecule is COCCNCc1ccccc1SC1CCCC1. The Bertz CT molecular complexity index is 350. The zero-order chi connectivity index (χ0) is 12.6. The number of benzene rings is 1. The second-order valence-electron chi connectivity index (χ2n) is 4.80. The maximum Gasteiger partial charge on any atom is 0.0587 e. The first-order chi connectivity index (χ1) is 8.90. The van der Waals surface area contributed by atoms with E-state index in [1.165, 1.54) is 36.1 Å². The van der Waals surface area contributed by atoms with Crippen molar-refractivity contribution in [1.29, 1.82) is 0 Å². The predicted molar refractivity (Wildman–Crippen MR) is 78.1 cm³/mol. The van der Waals surface area contributed by atoms with Crippen LogP contribution in [0.3, 0.4) is 0 Å². The Morgan fingerprint density at radius 3 is 2.83 bits per heavy atom. The molecule has 1 aromatic carbocycles. The molecule has 100 valence electrons. The average molecular weight is 265 g/mol. The van der Waals surface area contributed by atoms with Gasteiger partial charge in [-0.15, -0.1) is 11.8 Å². The summed E-state index contributed by atoms with van der Waals surface area (Å²) in [4.78, 5) is 1.45. The third-order valence-corrected chi connectivity index (χ3v) is 4.82. The minimum atomic E-state index is 0.776. The van der Waals surface area contributed by atoms with Crippen molar-refractivity contribution in [1.82, 2.24) is 5.32 Å². The van der Waals surface area contributed by atoms with Gasteiger partial charge in [-0.2, -0.15) is 0 Å². The van der Waals surface area contributed by atoms with Crippen LogP contribution in [0.4, 0.5) is 0 Å². The first-order valence-corrected chi connectivity index (χ1v) is 7.72. The van der Waals surface area contributed by atoms with Gasteiger partial charge in [-0.05, 0) is 24.5 Å². The fourth-order valence-electron chi connectivity index (χ4n) is 2.35. The Kier molecular flexibility index (Phi) is 6.05. The second-order valence-corrected chi connectivity index (χ2v) is 6.14. The van der Waals surface area contributed by atoms with Gasteiger partial charge in [-0.3, -0.25) is 0 Å². The highest BCUT2D eigenvalue weighted by Crippen LogP contribution is 2.36. The van der Waals surface area contributed by atoms with Crippen LogP contribution in [-0.2, 0) is 11.3 Å². The molecule has 0 spiro atoms. The molecule has 2 nitrogen and oxygen atoms in total. The van der Waals surface area contributed by atoms with E-state index in [4.69, 9.17) is 4.74 Å². The number of ether oxygens (including phenoxy) is 1. The first-order valence-electron chi connectivity index (χ1n) is 6.84. The predicted octanol–water partition coefficient (Wildman–Crippen LogP) is 3.46. The third-order valence-electron chi connectivity index (χ3n) is 3.37. The van der Waals surface area contributed by atoms with Gasteiger partial charge in [-0.25, -0.2) is 0 Å². The molecule has 1 fully saturated rings. The molecule has 3 heteroatoms. The van der Waals surface area contributed by atoms with E-state index in [1.807, 2.05) is 0 Å². The number of hydrogen-bond donors (Lipinski definition) is 1. The van der Waals surface area contributed by atoms with Crippen molar-refractivity contribution in [2.24, 2.45) is 0 Å². The van der Waals surface area contributed by atoms with Gasteiger partial charge in [-0.1, -0.05) is 31.0 Å². The van der Waals surface area contributed by atoms with E-state index >= 15 is 0 Å². The molecule has 0 atom stereocenters. The number of nitrogens with one attached hydrogen (secondary N) is 1. The summed E-state index contributed by atoms with van der Waals surface area (Å²) in [6.45, 7) is 2.64. The Morgan fingerprint density at radius 1 is 1.28 bits per heavy atom. The molecule has 0 heterocycles. The minimum Gasteiger partial charge on any atom is -0.383 e. The van der Waals surface area contributed by atoms with Crippen LogP contribution in [0.5, 0.6) is 0 Å². The van der Waals surface area contributed by atoms with Gasteiger partial charge in [0.15, 0.2) is 0 Å². The molecule has 0 aromatic heterocycles. The van der Waals surface area contributed by atoms with Gasteiger partial charge >= 0.3 is 0 Å².